The van der Waals surface area contributed by atoms with Crippen LogP contribution in [0.1, 0.15) is 49.9 Å². The Morgan fingerprint density at radius 1 is 1.14 bits per heavy atom. The first-order chi connectivity index (χ1) is 10.6. The van der Waals surface area contributed by atoms with E-state index in [0.717, 1.165) is 49.6 Å². The Morgan fingerprint density at radius 2 is 1.68 bits per heavy atom. The highest BCUT2D eigenvalue weighted by Crippen LogP contribution is 2.12. The van der Waals surface area contributed by atoms with Gasteiger partial charge in [-0.2, -0.15) is 0 Å². The summed E-state index contributed by atoms with van der Waals surface area (Å²) in [6.07, 6.45) is 4.57. The average molecular weight is 322 g/mol. The molecule has 0 aromatic heterocycles. The van der Waals surface area contributed by atoms with Crippen LogP contribution in [0.2, 0.25) is 0 Å². The second-order valence-corrected chi connectivity index (χ2v) is 5.58. The summed E-state index contributed by atoms with van der Waals surface area (Å²) in [4.78, 5) is 13.6. The lowest BCUT2D eigenvalue weighted by Gasteiger charge is -2.25. The van der Waals surface area contributed by atoms with Gasteiger partial charge in [0.2, 0.25) is 0 Å². The summed E-state index contributed by atoms with van der Waals surface area (Å²) in [6, 6.07) is 7.16. The first-order valence-electron chi connectivity index (χ1n) is 7.86. The lowest BCUT2D eigenvalue weighted by molar-refractivity contribution is 0.0601. The molecule has 1 aromatic carbocycles. The number of hydrogen-bond acceptors (Lipinski definition) is 3. The minimum Gasteiger partial charge on any atom is -0.465 e. The van der Waals surface area contributed by atoms with Crippen LogP contribution in [-0.4, -0.2) is 36.2 Å². The maximum absolute atomic E-state index is 11.4. The molecule has 1 N–H and O–H groups in total. The van der Waals surface area contributed by atoms with Crippen molar-refractivity contribution >= 4 is 29.0 Å². The highest BCUT2D eigenvalue weighted by Gasteiger charge is 2.10. The van der Waals surface area contributed by atoms with E-state index in [1.165, 1.54) is 7.11 Å². The van der Waals surface area contributed by atoms with Crippen LogP contribution in [0.4, 0.5) is 5.69 Å². The highest BCUT2D eigenvalue weighted by molar-refractivity contribution is 7.80. The fraction of sp³-hybridized carbons (Fsp3) is 0.529. The lowest BCUT2D eigenvalue weighted by atomic mass is 10.2. The molecule has 0 aliphatic carbocycles. The second kappa shape index (κ2) is 10.2. The number of rotatable bonds is 8. The fourth-order valence-electron chi connectivity index (χ4n) is 2.02. The summed E-state index contributed by atoms with van der Waals surface area (Å²) in [5, 5.41) is 3.99. The zero-order chi connectivity index (χ0) is 16.4. The molecule has 0 saturated heterocycles. The van der Waals surface area contributed by atoms with Gasteiger partial charge in [0, 0.05) is 18.8 Å². The number of hydrogen-bond donors (Lipinski definition) is 1. The van der Waals surface area contributed by atoms with Crippen LogP contribution in [-0.2, 0) is 4.74 Å². The number of ether oxygens (including phenoxy) is 1. The van der Waals surface area contributed by atoms with E-state index in [9.17, 15) is 4.79 Å². The first-order valence-corrected chi connectivity index (χ1v) is 8.27. The van der Waals surface area contributed by atoms with Gasteiger partial charge in [0.1, 0.15) is 0 Å². The van der Waals surface area contributed by atoms with Crippen molar-refractivity contribution in [3.05, 3.63) is 29.8 Å². The van der Waals surface area contributed by atoms with Crippen LogP contribution in [0.15, 0.2) is 24.3 Å². The average Bonchev–Trinajstić information content (AvgIpc) is 2.54. The molecule has 0 spiro atoms. The molecule has 1 aromatic rings. The van der Waals surface area contributed by atoms with Crippen LogP contribution in [0, 0.1) is 0 Å². The Kier molecular flexibility index (Phi) is 8.51. The maximum atomic E-state index is 11.4. The number of nitrogens with one attached hydrogen (secondary N) is 1. The minimum absolute atomic E-state index is 0.332. The zero-order valence-electron chi connectivity index (χ0n) is 13.7. The lowest BCUT2D eigenvalue weighted by Crippen LogP contribution is -2.36. The second-order valence-electron chi connectivity index (χ2n) is 5.19. The van der Waals surface area contributed by atoms with Gasteiger partial charge in [-0.15, -0.1) is 0 Å². The summed E-state index contributed by atoms with van der Waals surface area (Å²) in [5.74, 6) is -0.332. The molecule has 0 aliphatic rings. The molecule has 5 heteroatoms. The normalized spacial score (nSPS) is 10.1. The molecule has 0 atom stereocenters. The Balaban J connectivity index is 2.65. The SMILES string of the molecule is CCCCN(CCCC)C(=S)Nc1ccc(C(=O)OC)cc1. The monoisotopic (exact) mass is 322 g/mol. The number of nitrogens with zero attached hydrogens (tertiary/aromatic N) is 1. The predicted octanol–water partition coefficient (Wildman–Crippen LogP) is 4.07. The molecule has 1 rings (SSSR count). The molecular weight excluding hydrogens is 296 g/mol. The molecule has 0 unspecified atom stereocenters. The van der Waals surface area contributed by atoms with Crippen LogP contribution < -0.4 is 5.32 Å². The molecular formula is C17H26N2O2S. The van der Waals surface area contributed by atoms with E-state index in [4.69, 9.17) is 17.0 Å². The van der Waals surface area contributed by atoms with Crippen LogP contribution in [0.5, 0.6) is 0 Å². The van der Waals surface area contributed by atoms with Gasteiger partial charge >= 0.3 is 5.97 Å². The number of benzene rings is 1. The topological polar surface area (TPSA) is 41.6 Å². The third-order valence-electron chi connectivity index (χ3n) is 3.41. The molecule has 0 bridgehead atoms. The van der Waals surface area contributed by atoms with Gasteiger partial charge in [0.25, 0.3) is 0 Å². The van der Waals surface area contributed by atoms with E-state index in [1.54, 1.807) is 12.1 Å². The summed E-state index contributed by atoms with van der Waals surface area (Å²) in [5.41, 5.74) is 1.42. The van der Waals surface area contributed by atoms with Gasteiger partial charge in [-0.05, 0) is 49.3 Å². The van der Waals surface area contributed by atoms with Crippen molar-refractivity contribution in [3.8, 4) is 0 Å². The van der Waals surface area contributed by atoms with Crippen molar-refractivity contribution < 1.29 is 9.53 Å². The quantitative estimate of drug-likeness (QED) is 0.577. The van der Waals surface area contributed by atoms with E-state index in [-0.39, 0.29) is 5.97 Å². The van der Waals surface area contributed by atoms with Gasteiger partial charge in [0.15, 0.2) is 5.11 Å². The summed E-state index contributed by atoms with van der Waals surface area (Å²) >= 11 is 5.51. The number of carbonyl (C=O) groups excluding carboxylic acids is 1. The molecule has 122 valence electrons. The fourth-order valence-corrected chi connectivity index (χ4v) is 2.32. The molecule has 4 nitrogen and oxygen atoms in total. The van der Waals surface area contributed by atoms with Crippen molar-refractivity contribution in [1.29, 1.82) is 0 Å². The van der Waals surface area contributed by atoms with Crippen molar-refractivity contribution in [3.63, 3.8) is 0 Å². The molecule has 0 aliphatic heterocycles. The summed E-state index contributed by atoms with van der Waals surface area (Å²) in [7, 11) is 1.38. The Bertz CT molecular complexity index is 466. The molecule has 0 heterocycles. The summed E-state index contributed by atoms with van der Waals surface area (Å²) in [6.45, 7) is 6.31. The van der Waals surface area contributed by atoms with Crippen LogP contribution in [0.25, 0.3) is 0 Å². The van der Waals surface area contributed by atoms with E-state index >= 15 is 0 Å². The Hall–Kier alpha value is -1.62. The predicted molar refractivity (Wildman–Crippen MR) is 95.4 cm³/mol. The first kappa shape index (κ1) is 18.4. The highest BCUT2D eigenvalue weighted by atomic mass is 32.1. The van der Waals surface area contributed by atoms with Gasteiger partial charge in [-0.3, -0.25) is 0 Å². The van der Waals surface area contributed by atoms with E-state index in [0.29, 0.717) is 5.56 Å². The van der Waals surface area contributed by atoms with Gasteiger partial charge in [0.05, 0.1) is 12.7 Å². The van der Waals surface area contributed by atoms with Gasteiger partial charge in [-0.1, -0.05) is 26.7 Å². The van der Waals surface area contributed by atoms with E-state index in [2.05, 4.69) is 24.1 Å². The van der Waals surface area contributed by atoms with Gasteiger partial charge in [-0.25, -0.2) is 4.79 Å². The number of methoxy groups -OCH3 is 1. The smallest absolute Gasteiger partial charge is 0.337 e. The summed E-state index contributed by atoms with van der Waals surface area (Å²) < 4.78 is 4.69. The van der Waals surface area contributed by atoms with E-state index < -0.39 is 0 Å². The Labute approximate surface area is 138 Å². The molecule has 22 heavy (non-hydrogen) atoms. The minimum atomic E-state index is -0.332. The third kappa shape index (κ3) is 6.02. The number of carbonyl (C=O) groups is 1. The van der Waals surface area contributed by atoms with Crippen LogP contribution in [0.3, 0.4) is 0 Å². The number of unbranched alkanes of at least 4 members (excludes halogenated alkanes) is 2. The zero-order valence-corrected chi connectivity index (χ0v) is 14.5. The van der Waals surface area contributed by atoms with Crippen molar-refractivity contribution in [2.45, 2.75) is 39.5 Å². The Morgan fingerprint density at radius 3 is 2.14 bits per heavy atom. The third-order valence-corrected chi connectivity index (χ3v) is 3.77. The van der Waals surface area contributed by atoms with Crippen LogP contribution >= 0.6 is 12.2 Å². The largest absolute Gasteiger partial charge is 0.465 e. The van der Waals surface area contributed by atoms with Gasteiger partial charge < -0.3 is 15.0 Å². The number of anilines is 1. The molecule has 0 fully saturated rings. The maximum Gasteiger partial charge on any atom is 0.337 e. The molecule has 0 amide bonds. The molecule has 0 radical (unpaired) electrons. The number of thiocarbonyl (C=S) groups is 1. The van der Waals surface area contributed by atoms with Crippen molar-refractivity contribution in [2.75, 3.05) is 25.5 Å². The number of esters is 1. The van der Waals surface area contributed by atoms with E-state index in [1.807, 2.05) is 12.1 Å². The van der Waals surface area contributed by atoms with Crippen molar-refractivity contribution in [1.82, 2.24) is 4.90 Å². The standard InChI is InChI=1S/C17H26N2O2S/c1-4-6-12-19(13-7-5-2)17(22)18-15-10-8-14(9-11-15)16(20)21-3/h8-11H,4-7,12-13H2,1-3H3,(H,18,22). The van der Waals surface area contributed by atoms with Crippen molar-refractivity contribution in [2.24, 2.45) is 0 Å². The molecule has 0 saturated carbocycles.